The summed E-state index contributed by atoms with van der Waals surface area (Å²) in [4.78, 5) is 0. The molecule has 3 aromatic rings. The Morgan fingerprint density at radius 3 is 1.85 bits per heavy atom. The van der Waals surface area contributed by atoms with Crippen LogP contribution in [0, 0.1) is 11.3 Å². The predicted molar refractivity (Wildman–Crippen MR) is 113 cm³/mol. The van der Waals surface area contributed by atoms with Crippen molar-refractivity contribution < 1.29 is 0 Å². The van der Waals surface area contributed by atoms with Gasteiger partial charge in [-0.3, -0.25) is 5.20 Å². The number of hydrazone groups is 1. The van der Waals surface area contributed by atoms with E-state index in [1.807, 2.05) is 79.7 Å². The van der Waals surface area contributed by atoms with Crippen LogP contribution in [0.25, 0.3) is 0 Å². The number of hydrogen-bond acceptors (Lipinski definition) is 3. The third-order valence-corrected chi connectivity index (χ3v) is 7.97. The molecular weight excluding hydrogens is 357 g/mol. The second-order valence-electron chi connectivity index (χ2n) is 5.77. The fourth-order valence-corrected chi connectivity index (χ4v) is 5.39. The molecule has 0 spiro atoms. The van der Waals surface area contributed by atoms with Crippen LogP contribution in [0.2, 0.25) is 0 Å². The first-order valence-corrected chi connectivity index (χ1v) is 11.0. The minimum absolute atomic E-state index is 0.633. The minimum atomic E-state index is -2.27. The standard InChI is InChI=1S/C21H18N3PS/c1-17(19-14-12-18(16-22)13-15-19)23-24-25(26,20-8-4-2-5-9-20)21-10-6-3-7-11-21/h2-15H,1H3,(H,24,26)/b23-17+. The summed E-state index contributed by atoms with van der Waals surface area (Å²) >= 11 is 6.09. The van der Waals surface area contributed by atoms with Gasteiger partial charge in [-0.2, -0.15) is 10.4 Å². The van der Waals surface area contributed by atoms with Crippen LogP contribution in [0.5, 0.6) is 0 Å². The molecule has 5 heteroatoms. The largest absolute Gasteiger partial charge is 0.272 e. The van der Waals surface area contributed by atoms with Crippen LogP contribution in [-0.2, 0) is 11.8 Å². The van der Waals surface area contributed by atoms with E-state index in [4.69, 9.17) is 17.1 Å². The Labute approximate surface area is 159 Å². The van der Waals surface area contributed by atoms with Gasteiger partial charge in [-0.1, -0.05) is 84.6 Å². The lowest BCUT2D eigenvalue weighted by Gasteiger charge is -2.23. The van der Waals surface area contributed by atoms with Crippen LogP contribution >= 0.6 is 6.19 Å². The maximum Gasteiger partial charge on any atom is 0.106 e. The summed E-state index contributed by atoms with van der Waals surface area (Å²) in [5.74, 6) is 0. The molecule has 0 amide bonds. The molecule has 0 saturated heterocycles. The number of nitrogens with zero attached hydrogens (tertiary/aromatic N) is 2. The molecule has 1 N–H and O–H groups in total. The van der Waals surface area contributed by atoms with Crippen LogP contribution in [0.1, 0.15) is 18.1 Å². The van der Waals surface area contributed by atoms with Crippen LogP contribution in [0.3, 0.4) is 0 Å². The van der Waals surface area contributed by atoms with Crippen LogP contribution < -0.4 is 15.8 Å². The average Bonchev–Trinajstić information content (AvgIpc) is 2.73. The van der Waals surface area contributed by atoms with E-state index in [0.29, 0.717) is 5.56 Å². The van der Waals surface area contributed by atoms with E-state index >= 15 is 0 Å². The summed E-state index contributed by atoms with van der Waals surface area (Å²) in [6.07, 6.45) is -2.27. The van der Waals surface area contributed by atoms with E-state index < -0.39 is 6.19 Å². The molecule has 0 aliphatic heterocycles. The summed E-state index contributed by atoms with van der Waals surface area (Å²) in [5, 5.41) is 19.0. The number of rotatable bonds is 5. The Balaban J connectivity index is 1.96. The van der Waals surface area contributed by atoms with Gasteiger partial charge in [0, 0.05) is 10.6 Å². The molecule has 0 aliphatic carbocycles. The van der Waals surface area contributed by atoms with Crippen molar-refractivity contribution in [1.29, 1.82) is 5.26 Å². The zero-order valence-corrected chi connectivity index (χ0v) is 16.0. The lowest BCUT2D eigenvalue weighted by atomic mass is 10.1. The van der Waals surface area contributed by atoms with Crippen molar-refractivity contribution in [3.05, 3.63) is 96.1 Å². The zero-order chi connectivity index (χ0) is 18.4. The van der Waals surface area contributed by atoms with Crippen molar-refractivity contribution in [3.63, 3.8) is 0 Å². The number of benzene rings is 3. The molecule has 0 atom stereocenters. The van der Waals surface area contributed by atoms with Gasteiger partial charge < -0.3 is 0 Å². The summed E-state index contributed by atoms with van der Waals surface area (Å²) in [7, 11) is 0. The first-order valence-electron chi connectivity index (χ1n) is 8.17. The van der Waals surface area contributed by atoms with Crippen molar-refractivity contribution in [1.82, 2.24) is 5.20 Å². The van der Waals surface area contributed by atoms with Crippen LogP contribution in [-0.4, -0.2) is 5.71 Å². The minimum Gasteiger partial charge on any atom is -0.272 e. The predicted octanol–water partition coefficient (Wildman–Crippen LogP) is 3.92. The molecule has 0 aliphatic rings. The fourth-order valence-electron chi connectivity index (χ4n) is 2.54. The topological polar surface area (TPSA) is 48.2 Å². The smallest absolute Gasteiger partial charge is 0.106 e. The van der Waals surface area contributed by atoms with Gasteiger partial charge in [0.25, 0.3) is 0 Å². The highest BCUT2D eigenvalue weighted by Gasteiger charge is 2.21. The second kappa shape index (κ2) is 8.10. The van der Waals surface area contributed by atoms with E-state index in [2.05, 4.69) is 16.4 Å². The van der Waals surface area contributed by atoms with Gasteiger partial charge >= 0.3 is 0 Å². The summed E-state index contributed by atoms with van der Waals surface area (Å²) in [6, 6.07) is 29.7. The Kier molecular flexibility index (Phi) is 5.63. The highest BCUT2D eigenvalue weighted by Crippen LogP contribution is 2.39. The van der Waals surface area contributed by atoms with E-state index in [1.165, 1.54) is 0 Å². The molecule has 26 heavy (non-hydrogen) atoms. The molecule has 3 rings (SSSR count). The van der Waals surface area contributed by atoms with Crippen LogP contribution in [0.15, 0.2) is 90.0 Å². The van der Waals surface area contributed by atoms with E-state index in [1.54, 1.807) is 12.1 Å². The number of hydrogen-bond donors (Lipinski definition) is 1. The molecule has 128 valence electrons. The first-order chi connectivity index (χ1) is 12.6. The second-order valence-corrected chi connectivity index (χ2v) is 9.86. The molecule has 0 fully saturated rings. The van der Waals surface area contributed by atoms with E-state index in [9.17, 15) is 0 Å². The monoisotopic (exact) mass is 375 g/mol. The third kappa shape index (κ3) is 3.91. The van der Waals surface area contributed by atoms with Crippen molar-refractivity contribution in [3.8, 4) is 6.07 Å². The van der Waals surface area contributed by atoms with Gasteiger partial charge in [0.2, 0.25) is 0 Å². The highest BCUT2D eigenvalue weighted by molar-refractivity contribution is 8.20. The molecule has 3 nitrogen and oxygen atoms in total. The lowest BCUT2D eigenvalue weighted by molar-refractivity contribution is 1.09. The Hall–Kier alpha value is -2.73. The van der Waals surface area contributed by atoms with Gasteiger partial charge in [0.05, 0.1) is 17.3 Å². The van der Waals surface area contributed by atoms with Crippen molar-refractivity contribution in [2.24, 2.45) is 5.10 Å². The Morgan fingerprint density at radius 1 is 0.885 bits per heavy atom. The van der Waals surface area contributed by atoms with Gasteiger partial charge in [0.1, 0.15) is 6.19 Å². The molecule has 3 aromatic carbocycles. The van der Waals surface area contributed by atoms with Crippen molar-refractivity contribution >= 4 is 34.3 Å². The van der Waals surface area contributed by atoms with Gasteiger partial charge in [-0.25, -0.2) is 0 Å². The maximum absolute atomic E-state index is 8.93. The molecule has 0 heterocycles. The first kappa shape index (κ1) is 18.1. The molecule has 0 saturated carbocycles. The van der Waals surface area contributed by atoms with Gasteiger partial charge in [-0.05, 0) is 24.6 Å². The zero-order valence-electron chi connectivity index (χ0n) is 14.3. The Morgan fingerprint density at radius 2 is 1.38 bits per heavy atom. The molecule has 0 bridgehead atoms. The van der Waals surface area contributed by atoms with Gasteiger partial charge in [-0.15, -0.1) is 0 Å². The van der Waals surface area contributed by atoms with Gasteiger partial charge in [0.15, 0.2) is 0 Å². The normalized spacial score (nSPS) is 11.6. The molecule has 0 radical (unpaired) electrons. The van der Waals surface area contributed by atoms with E-state index in [0.717, 1.165) is 21.9 Å². The average molecular weight is 375 g/mol. The van der Waals surface area contributed by atoms with Crippen molar-refractivity contribution in [2.45, 2.75) is 6.92 Å². The maximum atomic E-state index is 8.93. The molecule has 0 aromatic heterocycles. The number of nitrogens with one attached hydrogen (secondary N) is 1. The molecular formula is C21H18N3PS. The summed E-state index contributed by atoms with van der Waals surface area (Å²) < 4.78 is 0. The summed E-state index contributed by atoms with van der Waals surface area (Å²) in [5.41, 5.74) is 2.42. The number of nitriles is 1. The summed E-state index contributed by atoms with van der Waals surface area (Å²) in [6.45, 7) is 1.93. The fraction of sp³-hybridized carbons (Fsp3) is 0.0476. The lowest BCUT2D eigenvalue weighted by Crippen LogP contribution is -2.25. The molecule has 0 unspecified atom stereocenters. The highest BCUT2D eigenvalue weighted by atomic mass is 32.4. The Bertz CT molecular complexity index is 947. The van der Waals surface area contributed by atoms with Crippen LogP contribution in [0.4, 0.5) is 0 Å². The van der Waals surface area contributed by atoms with E-state index in [-0.39, 0.29) is 0 Å². The van der Waals surface area contributed by atoms with Crippen molar-refractivity contribution in [2.75, 3.05) is 0 Å². The third-order valence-electron chi connectivity index (χ3n) is 4.03. The quantitative estimate of drug-likeness (QED) is 0.418. The SMILES string of the molecule is C/C(=N\NP(=S)(c1ccccc1)c1ccccc1)c1ccc(C#N)cc1.